The van der Waals surface area contributed by atoms with Gasteiger partial charge in [0.05, 0.1) is 0 Å². The van der Waals surface area contributed by atoms with E-state index in [1.807, 2.05) is 31.2 Å². The first-order valence-electron chi connectivity index (χ1n) is 7.10. The lowest BCUT2D eigenvalue weighted by molar-refractivity contribution is 0.0996. The van der Waals surface area contributed by atoms with Crippen molar-refractivity contribution in [3.8, 4) is 11.3 Å². The first-order valence-corrected chi connectivity index (χ1v) is 7.90. The Labute approximate surface area is 140 Å². The number of aromatic nitrogens is 4. The Hall–Kier alpha value is -2.48. The average Bonchev–Trinajstić information content (AvgIpc) is 3.18. The van der Waals surface area contributed by atoms with Crippen molar-refractivity contribution in [3.63, 3.8) is 0 Å². The van der Waals surface area contributed by atoms with Crippen LogP contribution in [-0.4, -0.2) is 26.1 Å². The number of furan rings is 1. The number of benzene rings is 1. The minimum absolute atomic E-state index is 0.203. The number of hydrogen-bond acceptors (Lipinski definition) is 5. The Morgan fingerprint density at radius 1 is 1.26 bits per heavy atom. The van der Waals surface area contributed by atoms with E-state index in [9.17, 15) is 4.79 Å². The molecule has 0 bridgehead atoms. The molecule has 8 heteroatoms. The zero-order valence-corrected chi connectivity index (χ0v) is 13.9. The van der Waals surface area contributed by atoms with Gasteiger partial charge in [-0.1, -0.05) is 40.1 Å². The Balaban J connectivity index is 1.76. The van der Waals surface area contributed by atoms with Crippen LogP contribution in [0.4, 0.5) is 5.95 Å². The molecule has 0 saturated carbocycles. The molecule has 118 valence electrons. The number of carbonyl (C=O) groups excluding carboxylic acids is 1. The van der Waals surface area contributed by atoms with Gasteiger partial charge >= 0.3 is 0 Å². The zero-order chi connectivity index (χ0) is 16.2. The monoisotopic (exact) mass is 375 g/mol. The van der Waals surface area contributed by atoms with Gasteiger partial charge in [0.1, 0.15) is 5.76 Å². The van der Waals surface area contributed by atoms with E-state index in [-0.39, 0.29) is 11.7 Å². The van der Waals surface area contributed by atoms with Crippen molar-refractivity contribution in [2.75, 3.05) is 5.32 Å². The standard InChI is InChI=1S/C15H14BrN5O2/c1-2-9-21-15(18-19-20-21)17-14(22)13-8-7-12(23-13)10-3-5-11(16)6-4-10/h3-8H,2,9H2,1H3,(H,17,18,20,22). The molecule has 1 aromatic carbocycles. The maximum absolute atomic E-state index is 12.2. The van der Waals surface area contributed by atoms with Gasteiger partial charge in [-0.15, -0.1) is 0 Å². The topological polar surface area (TPSA) is 85.8 Å². The minimum Gasteiger partial charge on any atom is -0.451 e. The van der Waals surface area contributed by atoms with Gasteiger partial charge in [-0.25, -0.2) is 4.68 Å². The lowest BCUT2D eigenvalue weighted by atomic mass is 10.2. The van der Waals surface area contributed by atoms with Crippen molar-refractivity contribution in [3.05, 3.63) is 46.6 Å². The van der Waals surface area contributed by atoms with Crippen LogP contribution in [-0.2, 0) is 6.54 Å². The highest BCUT2D eigenvalue weighted by molar-refractivity contribution is 9.10. The molecular weight excluding hydrogens is 362 g/mol. The summed E-state index contributed by atoms with van der Waals surface area (Å²) < 4.78 is 8.13. The molecule has 0 unspecified atom stereocenters. The summed E-state index contributed by atoms with van der Waals surface area (Å²) in [6.45, 7) is 2.63. The third-order valence-corrected chi connectivity index (χ3v) is 3.68. The van der Waals surface area contributed by atoms with Crippen molar-refractivity contribution in [1.29, 1.82) is 0 Å². The molecule has 1 amide bonds. The van der Waals surface area contributed by atoms with E-state index >= 15 is 0 Å². The molecule has 3 aromatic rings. The average molecular weight is 376 g/mol. The molecule has 0 aliphatic carbocycles. The predicted molar refractivity (Wildman–Crippen MR) is 87.9 cm³/mol. The molecule has 0 radical (unpaired) electrons. The van der Waals surface area contributed by atoms with Gasteiger partial charge in [-0.05, 0) is 41.1 Å². The third kappa shape index (κ3) is 3.48. The van der Waals surface area contributed by atoms with Gasteiger partial charge in [0.2, 0.25) is 5.95 Å². The summed E-state index contributed by atoms with van der Waals surface area (Å²) in [4.78, 5) is 12.2. The summed E-state index contributed by atoms with van der Waals surface area (Å²) in [5, 5.41) is 13.8. The maximum Gasteiger partial charge on any atom is 0.293 e. The number of tetrazole rings is 1. The second kappa shape index (κ2) is 6.74. The summed E-state index contributed by atoms with van der Waals surface area (Å²) in [7, 11) is 0. The van der Waals surface area contributed by atoms with E-state index in [2.05, 4.69) is 36.8 Å². The van der Waals surface area contributed by atoms with Crippen molar-refractivity contribution in [1.82, 2.24) is 20.2 Å². The molecule has 7 nitrogen and oxygen atoms in total. The van der Waals surface area contributed by atoms with Gasteiger partial charge < -0.3 is 4.42 Å². The lowest BCUT2D eigenvalue weighted by Crippen LogP contribution is -2.16. The fraction of sp³-hybridized carbons (Fsp3) is 0.200. The van der Waals surface area contributed by atoms with Gasteiger partial charge in [0.25, 0.3) is 5.91 Å². The summed E-state index contributed by atoms with van der Waals surface area (Å²) in [6.07, 6.45) is 0.863. The van der Waals surface area contributed by atoms with E-state index in [0.29, 0.717) is 18.3 Å². The Morgan fingerprint density at radius 3 is 2.78 bits per heavy atom. The molecule has 0 saturated heterocycles. The molecule has 3 rings (SSSR count). The largest absolute Gasteiger partial charge is 0.451 e. The molecule has 2 aromatic heterocycles. The smallest absolute Gasteiger partial charge is 0.293 e. The van der Waals surface area contributed by atoms with Crippen LogP contribution in [0, 0.1) is 0 Å². The molecule has 23 heavy (non-hydrogen) atoms. The van der Waals surface area contributed by atoms with Crippen LogP contribution in [0.5, 0.6) is 0 Å². The number of anilines is 1. The maximum atomic E-state index is 12.2. The Bertz CT molecular complexity index is 809. The minimum atomic E-state index is -0.388. The van der Waals surface area contributed by atoms with E-state index < -0.39 is 0 Å². The fourth-order valence-corrected chi connectivity index (χ4v) is 2.31. The summed E-state index contributed by atoms with van der Waals surface area (Å²) in [6, 6.07) is 11.0. The van der Waals surface area contributed by atoms with Crippen LogP contribution in [0.25, 0.3) is 11.3 Å². The number of carbonyl (C=O) groups is 1. The molecule has 0 atom stereocenters. The van der Waals surface area contributed by atoms with Gasteiger partial charge in [-0.2, -0.15) is 0 Å². The summed E-state index contributed by atoms with van der Waals surface area (Å²) >= 11 is 3.38. The number of nitrogens with one attached hydrogen (secondary N) is 1. The molecule has 2 heterocycles. The van der Waals surface area contributed by atoms with Crippen molar-refractivity contribution in [2.24, 2.45) is 0 Å². The number of halogens is 1. The molecule has 0 aliphatic heterocycles. The summed E-state index contributed by atoms with van der Waals surface area (Å²) in [5.74, 6) is 0.740. The van der Waals surface area contributed by atoms with Crippen molar-refractivity contribution >= 4 is 27.8 Å². The van der Waals surface area contributed by atoms with Crippen LogP contribution in [0.1, 0.15) is 23.9 Å². The molecule has 1 N–H and O–H groups in total. The molecule has 0 aliphatic rings. The normalized spacial score (nSPS) is 10.7. The number of amides is 1. The SMILES string of the molecule is CCCn1nnnc1NC(=O)c1ccc(-c2ccc(Br)cc2)o1. The highest BCUT2D eigenvalue weighted by Crippen LogP contribution is 2.24. The molecular formula is C15H14BrN5O2. The Kier molecular flexibility index (Phi) is 4.52. The van der Waals surface area contributed by atoms with E-state index in [1.54, 1.807) is 12.1 Å². The van der Waals surface area contributed by atoms with Crippen LogP contribution in [0.15, 0.2) is 45.3 Å². The van der Waals surface area contributed by atoms with Crippen LogP contribution >= 0.6 is 15.9 Å². The second-order valence-electron chi connectivity index (χ2n) is 4.85. The quantitative estimate of drug-likeness (QED) is 0.738. The first-order chi connectivity index (χ1) is 11.2. The first kappa shape index (κ1) is 15.4. The lowest BCUT2D eigenvalue weighted by Gasteiger charge is -2.03. The van der Waals surface area contributed by atoms with Crippen LogP contribution < -0.4 is 5.32 Å². The molecule has 0 fully saturated rings. The number of aryl methyl sites for hydroxylation is 1. The molecule has 0 spiro atoms. The number of hydrogen-bond donors (Lipinski definition) is 1. The number of nitrogens with zero attached hydrogens (tertiary/aromatic N) is 4. The van der Waals surface area contributed by atoms with Gasteiger partial charge in [-0.3, -0.25) is 10.1 Å². The van der Waals surface area contributed by atoms with E-state index in [1.165, 1.54) is 4.68 Å². The third-order valence-electron chi connectivity index (χ3n) is 3.15. The highest BCUT2D eigenvalue weighted by atomic mass is 79.9. The fourth-order valence-electron chi connectivity index (χ4n) is 2.05. The zero-order valence-electron chi connectivity index (χ0n) is 12.4. The van der Waals surface area contributed by atoms with Crippen LogP contribution in [0.2, 0.25) is 0 Å². The van der Waals surface area contributed by atoms with E-state index in [0.717, 1.165) is 16.5 Å². The van der Waals surface area contributed by atoms with Gasteiger partial charge in [0, 0.05) is 16.6 Å². The Morgan fingerprint density at radius 2 is 2.04 bits per heavy atom. The summed E-state index contributed by atoms with van der Waals surface area (Å²) in [5.41, 5.74) is 0.892. The highest BCUT2D eigenvalue weighted by Gasteiger charge is 2.15. The van der Waals surface area contributed by atoms with Crippen molar-refractivity contribution < 1.29 is 9.21 Å². The van der Waals surface area contributed by atoms with E-state index in [4.69, 9.17) is 4.42 Å². The van der Waals surface area contributed by atoms with Crippen LogP contribution in [0.3, 0.4) is 0 Å². The predicted octanol–water partition coefficient (Wildman–Crippen LogP) is 3.36. The number of rotatable bonds is 5. The van der Waals surface area contributed by atoms with Gasteiger partial charge in [0.15, 0.2) is 5.76 Å². The van der Waals surface area contributed by atoms with Crippen molar-refractivity contribution in [2.45, 2.75) is 19.9 Å². The second-order valence-corrected chi connectivity index (χ2v) is 5.77.